The lowest BCUT2D eigenvalue weighted by atomic mass is 10.2. The largest absolute Gasteiger partial charge is 0.432 e. The van der Waals surface area contributed by atoms with Gasteiger partial charge in [0.05, 0.1) is 5.69 Å². The zero-order valence-corrected chi connectivity index (χ0v) is 9.98. The topological polar surface area (TPSA) is 64.4 Å². The van der Waals surface area contributed by atoms with Gasteiger partial charge in [-0.15, -0.1) is 12.4 Å². The van der Waals surface area contributed by atoms with E-state index < -0.39 is 24.1 Å². The second-order valence-corrected chi connectivity index (χ2v) is 3.11. The predicted molar refractivity (Wildman–Crippen MR) is 62.6 cm³/mol. The molecule has 0 aliphatic heterocycles. The molecule has 4 nitrogen and oxygen atoms in total. The third kappa shape index (κ3) is 5.24. The van der Waals surface area contributed by atoms with Crippen LogP contribution in [0.4, 0.5) is 18.9 Å². The van der Waals surface area contributed by atoms with Crippen LogP contribution in [0.5, 0.6) is 5.75 Å². The monoisotopic (exact) mass is 284 g/mol. The summed E-state index contributed by atoms with van der Waals surface area (Å²) in [6, 6.07) is 2.93. The van der Waals surface area contributed by atoms with Crippen molar-refractivity contribution in [3.05, 3.63) is 24.0 Å². The van der Waals surface area contributed by atoms with Gasteiger partial charge in [0.15, 0.2) is 5.75 Å². The Morgan fingerprint density at radius 3 is 2.67 bits per heavy atom. The van der Waals surface area contributed by atoms with Crippen molar-refractivity contribution in [3.8, 4) is 5.75 Å². The van der Waals surface area contributed by atoms with Crippen LogP contribution in [0.15, 0.2) is 18.2 Å². The highest BCUT2D eigenvalue weighted by atomic mass is 35.5. The van der Waals surface area contributed by atoms with Crippen molar-refractivity contribution in [2.24, 2.45) is 5.73 Å². The summed E-state index contributed by atoms with van der Waals surface area (Å²) < 4.78 is 41.0. The van der Waals surface area contributed by atoms with E-state index in [0.717, 1.165) is 18.2 Å². The minimum absolute atomic E-state index is 0. The van der Waals surface area contributed by atoms with Gasteiger partial charge in [-0.2, -0.15) is 8.78 Å². The molecule has 0 aliphatic rings. The van der Waals surface area contributed by atoms with Crippen molar-refractivity contribution in [2.75, 3.05) is 11.9 Å². The van der Waals surface area contributed by atoms with Crippen LogP contribution >= 0.6 is 12.4 Å². The Hall–Kier alpha value is -1.47. The number of nitrogens with one attached hydrogen (secondary N) is 1. The summed E-state index contributed by atoms with van der Waals surface area (Å²) in [6.07, 6.45) is 0.0332. The zero-order chi connectivity index (χ0) is 12.8. The molecule has 0 saturated carbocycles. The van der Waals surface area contributed by atoms with Gasteiger partial charge in [0, 0.05) is 19.0 Å². The fourth-order valence-corrected chi connectivity index (χ4v) is 1.14. The minimum Gasteiger partial charge on any atom is -0.432 e. The molecule has 0 saturated heterocycles. The normalized spacial score (nSPS) is 9.83. The molecule has 8 heteroatoms. The van der Waals surface area contributed by atoms with Gasteiger partial charge in [0.25, 0.3) is 0 Å². The standard InChI is InChI=1S/C10H11F3N2O2.ClH/c11-6-1-2-7(15-9(16)3-4-14)8(5-6)17-10(12)13;/h1-2,5,10H,3-4,14H2,(H,15,16);1H. The SMILES string of the molecule is Cl.NCCC(=O)Nc1ccc(F)cc1OC(F)F. The summed E-state index contributed by atoms with van der Waals surface area (Å²) in [7, 11) is 0. The average molecular weight is 285 g/mol. The van der Waals surface area contributed by atoms with E-state index in [2.05, 4.69) is 10.1 Å². The number of hydrogen-bond acceptors (Lipinski definition) is 3. The molecule has 1 rings (SSSR count). The summed E-state index contributed by atoms with van der Waals surface area (Å²) in [6.45, 7) is -2.97. The Bertz CT molecular complexity index is 405. The van der Waals surface area contributed by atoms with Crippen molar-refractivity contribution in [1.82, 2.24) is 0 Å². The van der Waals surface area contributed by atoms with E-state index in [4.69, 9.17) is 5.73 Å². The minimum atomic E-state index is -3.10. The van der Waals surface area contributed by atoms with Crippen molar-refractivity contribution in [3.63, 3.8) is 0 Å². The van der Waals surface area contributed by atoms with Crippen LogP contribution in [0.2, 0.25) is 0 Å². The second-order valence-electron chi connectivity index (χ2n) is 3.11. The maximum absolute atomic E-state index is 12.8. The smallest absolute Gasteiger partial charge is 0.387 e. The van der Waals surface area contributed by atoms with E-state index in [1.54, 1.807) is 0 Å². The van der Waals surface area contributed by atoms with Crippen LogP contribution in [-0.2, 0) is 4.79 Å². The number of hydrogen-bond donors (Lipinski definition) is 2. The van der Waals surface area contributed by atoms with Gasteiger partial charge in [-0.3, -0.25) is 4.79 Å². The van der Waals surface area contributed by atoms with Crippen molar-refractivity contribution in [2.45, 2.75) is 13.0 Å². The molecule has 0 spiro atoms. The number of nitrogens with two attached hydrogens (primary N) is 1. The Morgan fingerprint density at radius 1 is 1.44 bits per heavy atom. The van der Waals surface area contributed by atoms with Gasteiger partial charge >= 0.3 is 6.61 Å². The van der Waals surface area contributed by atoms with Crippen molar-refractivity contribution in [1.29, 1.82) is 0 Å². The lowest BCUT2D eigenvalue weighted by molar-refractivity contribution is -0.116. The first-order valence-electron chi connectivity index (χ1n) is 4.77. The summed E-state index contributed by atoms with van der Waals surface area (Å²) >= 11 is 0. The fraction of sp³-hybridized carbons (Fsp3) is 0.300. The summed E-state index contributed by atoms with van der Waals surface area (Å²) in [5.74, 6) is -1.62. The first-order valence-corrected chi connectivity index (χ1v) is 4.77. The highest BCUT2D eigenvalue weighted by molar-refractivity contribution is 5.92. The summed E-state index contributed by atoms with van der Waals surface area (Å²) in [5, 5.41) is 2.30. The molecule has 3 N–H and O–H groups in total. The van der Waals surface area contributed by atoms with E-state index in [1.807, 2.05) is 0 Å². The Balaban J connectivity index is 0.00000289. The second kappa shape index (κ2) is 7.78. The Morgan fingerprint density at radius 2 is 2.11 bits per heavy atom. The highest BCUT2D eigenvalue weighted by Crippen LogP contribution is 2.27. The number of halogens is 4. The average Bonchev–Trinajstić information content (AvgIpc) is 2.21. The molecule has 1 amide bonds. The molecule has 0 heterocycles. The first kappa shape index (κ1) is 16.5. The number of carbonyl (C=O) groups is 1. The van der Waals surface area contributed by atoms with Crippen LogP contribution in [0.1, 0.15) is 6.42 Å². The van der Waals surface area contributed by atoms with Crippen LogP contribution in [0.25, 0.3) is 0 Å². The number of benzene rings is 1. The zero-order valence-electron chi connectivity index (χ0n) is 9.16. The Kier molecular flexibility index (Phi) is 7.14. The van der Waals surface area contributed by atoms with E-state index in [0.29, 0.717) is 0 Å². The molecule has 0 aromatic heterocycles. The van der Waals surface area contributed by atoms with E-state index in [9.17, 15) is 18.0 Å². The van der Waals surface area contributed by atoms with Crippen LogP contribution in [0, 0.1) is 5.82 Å². The third-order valence-corrected chi connectivity index (χ3v) is 1.81. The van der Waals surface area contributed by atoms with Crippen LogP contribution < -0.4 is 15.8 Å². The maximum atomic E-state index is 12.8. The molecule has 0 bridgehead atoms. The quantitative estimate of drug-likeness (QED) is 0.871. The molecule has 102 valence electrons. The van der Waals surface area contributed by atoms with Crippen LogP contribution in [-0.4, -0.2) is 19.1 Å². The lowest BCUT2D eigenvalue weighted by Crippen LogP contribution is -2.17. The number of anilines is 1. The summed E-state index contributed by atoms with van der Waals surface area (Å²) in [5.41, 5.74) is 5.13. The fourth-order valence-electron chi connectivity index (χ4n) is 1.14. The lowest BCUT2D eigenvalue weighted by Gasteiger charge is -2.11. The van der Waals surface area contributed by atoms with E-state index >= 15 is 0 Å². The van der Waals surface area contributed by atoms with Gasteiger partial charge in [0.2, 0.25) is 5.91 Å². The van der Waals surface area contributed by atoms with Gasteiger partial charge in [-0.25, -0.2) is 4.39 Å². The number of alkyl halides is 2. The van der Waals surface area contributed by atoms with Crippen LogP contribution in [0.3, 0.4) is 0 Å². The molecule has 0 radical (unpaired) electrons. The molecular formula is C10H12ClF3N2O2. The van der Waals surface area contributed by atoms with Gasteiger partial charge in [0.1, 0.15) is 5.82 Å². The van der Waals surface area contributed by atoms with Gasteiger partial charge < -0.3 is 15.8 Å². The van der Waals surface area contributed by atoms with Crippen molar-refractivity contribution < 1.29 is 22.7 Å². The molecule has 1 aromatic carbocycles. The molecule has 0 unspecified atom stereocenters. The van der Waals surface area contributed by atoms with E-state index in [-0.39, 0.29) is 31.1 Å². The molecule has 0 aliphatic carbocycles. The van der Waals surface area contributed by atoms with Crippen molar-refractivity contribution >= 4 is 24.0 Å². The predicted octanol–water partition coefficient (Wildman–Crippen LogP) is 2.14. The number of rotatable bonds is 5. The Labute approximate surface area is 108 Å². The molecular weight excluding hydrogens is 273 g/mol. The molecule has 1 aromatic rings. The number of carbonyl (C=O) groups excluding carboxylic acids is 1. The number of amides is 1. The molecule has 0 fully saturated rings. The van der Waals surface area contributed by atoms with Gasteiger partial charge in [-0.1, -0.05) is 0 Å². The number of ether oxygens (including phenoxy) is 1. The summed E-state index contributed by atoms with van der Waals surface area (Å²) in [4.78, 5) is 11.2. The molecule has 18 heavy (non-hydrogen) atoms. The van der Waals surface area contributed by atoms with Gasteiger partial charge in [-0.05, 0) is 12.1 Å². The van der Waals surface area contributed by atoms with E-state index in [1.165, 1.54) is 0 Å². The third-order valence-electron chi connectivity index (χ3n) is 1.81. The highest BCUT2D eigenvalue weighted by Gasteiger charge is 2.12. The first-order chi connectivity index (χ1) is 8.02. The molecule has 0 atom stereocenters. The maximum Gasteiger partial charge on any atom is 0.387 e.